The van der Waals surface area contributed by atoms with Crippen molar-refractivity contribution < 1.29 is 19.1 Å². The van der Waals surface area contributed by atoms with E-state index in [4.69, 9.17) is 16.7 Å². The highest BCUT2D eigenvalue weighted by Crippen LogP contribution is 2.36. The van der Waals surface area contributed by atoms with Gasteiger partial charge in [0.25, 0.3) is 0 Å². The third kappa shape index (κ3) is 3.73. The van der Waals surface area contributed by atoms with Crippen LogP contribution >= 0.6 is 11.6 Å². The van der Waals surface area contributed by atoms with E-state index in [0.29, 0.717) is 18.4 Å². The third-order valence-corrected chi connectivity index (χ3v) is 4.19. The smallest absolute Gasteiger partial charge is 0.307 e. The Balaban J connectivity index is 1.97. The van der Waals surface area contributed by atoms with E-state index in [0.717, 1.165) is 0 Å². The molecule has 1 amide bonds. The highest BCUT2D eigenvalue weighted by atomic mass is 35.5. The van der Waals surface area contributed by atoms with Gasteiger partial charge in [0, 0.05) is 6.54 Å². The summed E-state index contributed by atoms with van der Waals surface area (Å²) < 4.78 is 13.0. The molecule has 1 aliphatic carbocycles. The second-order valence-corrected chi connectivity index (χ2v) is 6.00. The number of carboxylic acid groups (broad SMARTS) is 1. The van der Waals surface area contributed by atoms with Crippen molar-refractivity contribution in [3.63, 3.8) is 0 Å². The summed E-state index contributed by atoms with van der Waals surface area (Å²) in [7, 11) is 0. The minimum Gasteiger partial charge on any atom is -0.481 e. The fraction of sp³-hybridized carbons (Fsp3) is 0.467. The molecule has 4 nitrogen and oxygen atoms in total. The average Bonchev–Trinajstić information content (AvgIpc) is 2.82. The fourth-order valence-electron chi connectivity index (χ4n) is 2.82. The topological polar surface area (TPSA) is 66.4 Å². The van der Waals surface area contributed by atoms with E-state index in [9.17, 15) is 14.0 Å². The molecule has 3 atom stereocenters. The van der Waals surface area contributed by atoms with Gasteiger partial charge in [0.1, 0.15) is 5.82 Å². The molecule has 0 aliphatic heterocycles. The van der Waals surface area contributed by atoms with Crippen molar-refractivity contribution in [1.29, 1.82) is 0 Å². The molecule has 0 heterocycles. The van der Waals surface area contributed by atoms with E-state index < -0.39 is 23.6 Å². The van der Waals surface area contributed by atoms with Crippen molar-refractivity contribution in [3.05, 3.63) is 34.6 Å². The molecule has 3 unspecified atom stereocenters. The summed E-state index contributed by atoms with van der Waals surface area (Å²) in [4.78, 5) is 23.3. The molecule has 114 valence electrons. The van der Waals surface area contributed by atoms with Gasteiger partial charge in [-0.25, -0.2) is 4.39 Å². The van der Waals surface area contributed by atoms with Gasteiger partial charge in [-0.05, 0) is 36.5 Å². The number of rotatable bonds is 4. The number of amides is 1. The van der Waals surface area contributed by atoms with Gasteiger partial charge < -0.3 is 10.4 Å². The zero-order chi connectivity index (χ0) is 15.6. The van der Waals surface area contributed by atoms with Crippen LogP contribution in [0.5, 0.6) is 0 Å². The van der Waals surface area contributed by atoms with Gasteiger partial charge in [-0.2, -0.15) is 0 Å². The molecule has 1 fully saturated rings. The Morgan fingerprint density at radius 2 is 2.05 bits per heavy atom. The number of hydrogen-bond donors (Lipinski definition) is 2. The second kappa shape index (κ2) is 6.43. The number of hydrogen-bond acceptors (Lipinski definition) is 2. The van der Waals surface area contributed by atoms with Crippen molar-refractivity contribution in [2.24, 2.45) is 17.8 Å². The van der Waals surface area contributed by atoms with E-state index in [1.807, 2.05) is 6.92 Å². The molecule has 0 bridgehead atoms. The zero-order valence-corrected chi connectivity index (χ0v) is 12.4. The molecule has 1 saturated carbocycles. The summed E-state index contributed by atoms with van der Waals surface area (Å²) in [5.74, 6) is -2.62. The molecule has 1 aliphatic rings. The minimum atomic E-state index is -0.927. The Hall–Kier alpha value is -1.62. The maximum Gasteiger partial charge on any atom is 0.307 e. The molecule has 1 aromatic rings. The first-order chi connectivity index (χ1) is 9.88. The molecule has 0 radical (unpaired) electrons. The largest absolute Gasteiger partial charge is 0.481 e. The summed E-state index contributed by atoms with van der Waals surface area (Å²) in [5.41, 5.74) is 0.674. The summed E-state index contributed by atoms with van der Waals surface area (Å²) >= 11 is 5.67. The first kappa shape index (κ1) is 15.8. The van der Waals surface area contributed by atoms with Crippen LogP contribution in [0.25, 0.3) is 0 Å². The lowest BCUT2D eigenvalue weighted by molar-refractivity contribution is -0.146. The molecular weight excluding hydrogens is 297 g/mol. The number of aliphatic carboxylic acids is 1. The van der Waals surface area contributed by atoms with Gasteiger partial charge in [-0.3, -0.25) is 9.59 Å². The normalized spacial score (nSPS) is 24.8. The zero-order valence-electron chi connectivity index (χ0n) is 11.6. The highest BCUT2D eigenvalue weighted by Gasteiger charge is 2.40. The molecule has 21 heavy (non-hydrogen) atoms. The van der Waals surface area contributed by atoms with Crippen molar-refractivity contribution >= 4 is 23.5 Å². The predicted molar refractivity (Wildman–Crippen MR) is 76.3 cm³/mol. The lowest BCUT2D eigenvalue weighted by Crippen LogP contribution is -2.34. The standard InChI is InChI=1S/C15H17ClFNO3/c1-8-4-10(11(5-8)15(20)21)14(19)18-7-9-2-3-13(17)12(16)6-9/h2-3,6,8,10-11H,4-5,7H2,1H3,(H,18,19)(H,20,21). The van der Waals surface area contributed by atoms with Crippen LogP contribution in [0.3, 0.4) is 0 Å². The minimum absolute atomic E-state index is 0.000324. The lowest BCUT2D eigenvalue weighted by atomic mass is 9.95. The van der Waals surface area contributed by atoms with Gasteiger partial charge in [0.05, 0.1) is 16.9 Å². The predicted octanol–water partition coefficient (Wildman–Crippen LogP) is 2.84. The first-order valence-corrected chi connectivity index (χ1v) is 7.20. The number of carboxylic acids is 1. The molecule has 0 aromatic heterocycles. The molecule has 2 rings (SSSR count). The summed E-state index contributed by atoms with van der Waals surface area (Å²) in [6, 6.07) is 4.22. The summed E-state index contributed by atoms with van der Waals surface area (Å²) in [5, 5.41) is 11.9. The summed E-state index contributed by atoms with van der Waals surface area (Å²) in [6.07, 6.45) is 1.10. The number of benzene rings is 1. The fourth-order valence-corrected chi connectivity index (χ4v) is 3.03. The molecule has 6 heteroatoms. The molecule has 2 N–H and O–H groups in total. The van der Waals surface area contributed by atoms with E-state index >= 15 is 0 Å². The van der Waals surface area contributed by atoms with Crippen LogP contribution < -0.4 is 5.32 Å². The van der Waals surface area contributed by atoms with E-state index in [-0.39, 0.29) is 23.4 Å². The van der Waals surface area contributed by atoms with Gasteiger partial charge in [0.15, 0.2) is 0 Å². The molecule has 1 aromatic carbocycles. The Morgan fingerprint density at radius 3 is 2.67 bits per heavy atom. The van der Waals surface area contributed by atoms with Gasteiger partial charge in [-0.15, -0.1) is 0 Å². The Morgan fingerprint density at radius 1 is 1.38 bits per heavy atom. The number of nitrogens with one attached hydrogen (secondary N) is 1. The molecule has 0 saturated heterocycles. The van der Waals surface area contributed by atoms with Crippen molar-refractivity contribution in [3.8, 4) is 0 Å². The van der Waals surface area contributed by atoms with Gasteiger partial charge in [-0.1, -0.05) is 24.6 Å². The van der Waals surface area contributed by atoms with Crippen LogP contribution in [0.4, 0.5) is 4.39 Å². The number of halogens is 2. The Bertz CT molecular complexity index is 564. The number of carbonyl (C=O) groups excluding carboxylic acids is 1. The van der Waals surface area contributed by atoms with E-state index in [2.05, 4.69) is 5.32 Å². The van der Waals surface area contributed by atoms with Crippen LogP contribution in [0.15, 0.2) is 18.2 Å². The second-order valence-electron chi connectivity index (χ2n) is 5.59. The Labute approximate surface area is 127 Å². The quantitative estimate of drug-likeness (QED) is 0.898. The maximum absolute atomic E-state index is 13.0. The first-order valence-electron chi connectivity index (χ1n) is 6.83. The lowest BCUT2D eigenvalue weighted by Gasteiger charge is -2.15. The van der Waals surface area contributed by atoms with Crippen LogP contribution in [0.1, 0.15) is 25.3 Å². The third-order valence-electron chi connectivity index (χ3n) is 3.90. The molecular formula is C15H17ClFNO3. The monoisotopic (exact) mass is 313 g/mol. The van der Waals surface area contributed by atoms with Crippen molar-refractivity contribution in [2.45, 2.75) is 26.3 Å². The summed E-state index contributed by atoms with van der Waals surface area (Å²) in [6.45, 7) is 2.15. The molecule has 0 spiro atoms. The van der Waals surface area contributed by atoms with E-state index in [1.54, 1.807) is 0 Å². The van der Waals surface area contributed by atoms with Crippen LogP contribution in [-0.4, -0.2) is 17.0 Å². The highest BCUT2D eigenvalue weighted by molar-refractivity contribution is 6.30. The van der Waals surface area contributed by atoms with E-state index in [1.165, 1.54) is 18.2 Å². The van der Waals surface area contributed by atoms with Gasteiger partial charge in [0.2, 0.25) is 5.91 Å². The average molecular weight is 314 g/mol. The van der Waals surface area contributed by atoms with Gasteiger partial charge >= 0.3 is 5.97 Å². The van der Waals surface area contributed by atoms with Crippen LogP contribution in [-0.2, 0) is 16.1 Å². The van der Waals surface area contributed by atoms with Crippen LogP contribution in [0, 0.1) is 23.6 Å². The Kier molecular flexibility index (Phi) is 4.83. The van der Waals surface area contributed by atoms with Crippen molar-refractivity contribution in [1.82, 2.24) is 5.32 Å². The van der Waals surface area contributed by atoms with Crippen LogP contribution in [0.2, 0.25) is 5.02 Å². The van der Waals surface area contributed by atoms with Crippen molar-refractivity contribution in [2.75, 3.05) is 0 Å². The number of carbonyl (C=O) groups is 2. The SMILES string of the molecule is CC1CC(C(=O)O)C(C(=O)NCc2ccc(F)c(Cl)c2)C1. The maximum atomic E-state index is 13.0.